The summed E-state index contributed by atoms with van der Waals surface area (Å²) in [4.78, 5) is 29.2. The molecule has 2 N–H and O–H groups in total. The predicted octanol–water partition coefficient (Wildman–Crippen LogP) is 2.93. The van der Waals surface area contributed by atoms with E-state index < -0.39 is 23.8 Å². The molecule has 3 aliphatic heterocycles. The molecule has 9 heteroatoms. The van der Waals surface area contributed by atoms with Gasteiger partial charge in [0.25, 0.3) is 5.91 Å². The second-order valence-electron chi connectivity index (χ2n) is 8.75. The first kappa shape index (κ1) is 21.6. The number of halogens is 3. The Labute approximate surface area is 178 Å². The minimum absolute atomic E-state index is 0.0808. The van der Waals surface area contributed by atoms with Gasteiger partial charge in [-0.1, -0.05) is 0 Å². The number of hydrogen-bond acceptors (Lipinski definition) is 4. The Kier molecular flexibility index (Phi) is 5.69. The van der Waals surface area contributed by atoms with Crippen molar-refractivity contribution in [3.8, 4) is 6.07 Å². The summed E-state index contributed by atoms with van der Waals surface area (Å²) in [7, 11) is 0. The van der Waals surface area contributed by atoms with E-state index >= 15 is 0 Å². The molecule has 1 aromatic rings. The number of likely N-dealkylation sites (tertiary alicyclic amines) is 1. The van der Waals surface area contributed by atoms with Crippen LogP contribution in [-0.2, 0) is 11.0 Å². The van der Waals surface area contributed by atoms with Crippen molar-refractivity contribution < 1.29 is 22.8 Å². The van der Waals surface area contributed by atoms with Crippen molar-refractivity contribution in [2.45, 2.75) is 68.9 Å². The molecule has 166 valence electrons. The Hall–Kier alpha value is -2.60. The highest BCUT2D eigenvalue weighted by Gasteiger charge is 2.47. The van der Waals surface area contributed by atoms with Gasteiger partial charge in [0.2, 0.25) is 5.91 Å². The van der Waals surface area contributed by atoms with Crippen molar-refractivity contribution in [1.29, 1.82) is 5.26 Å². The van der Waals surface area contributed by atoms with E-state index in [-0.39, 0.29) is 35.4 Å². The third-order valence-corrected chi connectivity index (χ3v) is 6.94. The standard InChI is InChI=1S/C22H25F3N4O2/c23-22(24,25)15-5-3-13(4-6-15)20(30)29-16-7-8-17(29)11-14(10-16)19(27)21(31)28-9-1-2-18(28)12-26/h3-6,14,16-19H,1-2,7-11,27H2/t16-,17-,18-,19-/m0/s1. The number of carbonyl (C=O) groups excluding carboxylic acids is 2. The fraction of sp³-hybridized carbons (Fsp3) is 0.591. The van der Waals surface area contributed by atoms with Gasteiger partial charge < -0.3 is 15.5 Å². The maximum absolute atomic E-state index is 13.0. The molecule has 3 aliphatic rings. The lowest BCUT2D eigenvalue weighted by Crippen LogP contribution is -2.54. The quantitative estimate of drug-likeness (QED) is 0.792. The van der Waals surface area contributed by atoms with Gasteiger partial charge in [-0.2, -0.15) is 18.4 Å². The molecule has 0 radical (unpaired) electrons. The summed E-state index contributed by atoms with van der Waals surface area (Å²) in [5.74, 6) is -0.554. The van der Waals surface area contributed by atoms with Gasteiger partial charge in [0.15, 0.2) is 0 Å². The van der Waals surface area contributed by atoms with Gasteiger partial charge in [-0.15, -0.1) is 0 Å². The van der Waals surface area contributed by atoms with Gasteiger partial charge >= 0.3 is 6.18 Å². The fourth-order valence-electron chi connectivity index (χ4n) is 5.35. The SMILES string of the molecule is N#C[C@@H]1CCCN1C(=O)[C@@H](N)C1C[C@@H]2CC[C@@H](C1)N2C(=O)c1ccc(C(F)(F)F)cc1. The van der Waals surface area contributed by atoms with Crippen LogP contribution >= 0.6 is 0 Å². The molecule has 3 fully saturated rings. The Balaban J connectivity index is 1.44. The third kappa shape index (κ3) is 4.01. The van der Waals surface area contributed by atoms with Crippen LogP contribution in [0.25, 0.3) is 0 Å². The van der Waals surface area contributed by atoms with Crippen LogP contribution in [0.5, 0.6) is 0 Å². The molecule has 4 rings (SSSR count). The topological polar surface area (TPSA) is 90.4 Å². The van der Waals surface area contributed by atoms with Crippen molar-refractivity contribution in [2.75, 3.05) is 6.54 Å². The normalized spacial score (nSPS) is 29.0. The lowest BCUT2D eigenvalue weighted by atomic mass is 9.84. The number of amides is 2. The first-order valence-corrected chi connectivity index (χ1v) is 10.7. The van der Waals surface area contributed by atoms with Gasteiger partial charge in [-0.3, -0.25) is 9.59 Å². The number of carbonyl (C=O) groups is 2. The molecule has 31 heavy (non-hydrogen) atoms. The molecule has 3 saturated heterocycles. The number of rotatable bonds is 3. The predicted molar refractivity (Wildman–Crippen MR) is 105 cm³/mol. The molecule has 0 aromatic heterocycles. The Morgan fingerprint density at radius 2 is 1.71 bits per heavy atom. The summed E-state index contributed by atoms with van der Waals surface area (Å²) < 4.78 is 38.4. The van der Waals surface area contributed by atoms with Gasteiger partial charge in [-0.25, -0.2) is 0 Å². The van der Waals surface area contributed by atoms with Crippen LogP contribution in [0.1, 0.15) is 54.4 Å². The van der Waals surface area contributed by atoms with E-state index in [1.165, 1.54) is 12.1 Å². The largest absolute Gasteiger partial charge is 0.416 e. The molecule has 0 spiro atoms. The molecular weight excluding hydrogens is 409 g/mol. The van der Waals surface area contributed by atoms with Gasteiger partial charge in [0.05, 0.1) is 17.7 Å². The van der Waals surface area contributed by atoms with E-state index in [1.54, 1.807) is 9.80 Å². The number of nitrogens with zero attached hydrogens (tertiary/aromatic N) is 3. The summed E-state index contributed by atoms with van der Waals surface area (Å²) >= 11 is 0. The van der Waals surface area contributed by atoms with Gasteiger partial charge in [-0.05, 0) is 68.7 Å². The number of alkyl halides is 3. The van der Waals surface area contributed by atoms with Crippen LogP contribution in [0.2, 0.25) is 0 Å². The van der Waals surface area contributed by atoms with Crippen molar-refractivity contribution >= 4 is 11.8 Å². The van der Waals surface area contributed by atoms with Gasteiger partial charge in [0, 0.05) is 24.2 Å². The number of benzene rings is 1. The zero-order chi connectivity index (χ0) is 22.3. The summed E-state index contributed by atoms with van der Waals surface area (Å²) in [6.07, 6.45) is -0.233. The zero-order valence-corrected chi connectivity index (χ0v) is 17.0. The van der Waals surface area contributed by atoms with Crippen LogP contribution in [0.3, 0.4) is 0 Å². The molecule has 4 atom stereocenters. The monoisotopic (exact) mass is 434 g/mol. The summed E-state index contributed by atoms with van der Waals surface area (Å²) in [6, 6.07) is 5.18. The highest BCUT2D eigenvalue weighted by atomic mass is 19.4. The second-order valence-corrected chi connectivity index (χ2v) is 8.75. The first-order chi connectivity index (χ1) is 14.7. The second kappa shape index (κ2) is 8.15. The molecular formula is C22H25F3N4O2. The van der Waals surface area contributed by atoms with E-state index in [2.05, 4.69) is 6.07 Å². The van der Waals surface area contributed by atoms with E-state index in [0.29, 0.717) is 25.8 Å². The van der Waals surface area contributed by atoms with E-state index in [1.807, 2.05) is 0 Å². The van der Waals surface area contributed by atoms with Crippen LogP contribution in [0.4, 0.5) is 13.2 Å². The van der Waals surface area contributed by atoms with E-state index in [9.17, 15) is 28.0 Å². The Morgan fingerprint density at radius 3 is 2.26 bits per heavy atom. The Bertz CT molecular complexity index is 882. The summed E-state index contributed by atoms with van der Waals surface area (Å²) in [5.41, 5.74) is 5.77. The maximum atomic E-state index is 13.0. The number of piperidine rings is 1. The first-order valence-electron chi connectivity index (χ1n) is 10.7. The lowest BCUT2D eigenvalue weighted by Gasteiger charge is -2.41. The highest BCUT2D eigenvalue weighted by molar-refractivity contribution is 5.95. The van der Waals surface area contributed by atoms with Crippen LogP contribution in [0, 0.1) is 17.2 Å². The van der Waals surface area contributed by atoms with Crippen LogP contribution < -0.4 is 5.73 Å². The molecule has 0 aliphatic carbocycles. The lowest BCUT2D eigenvalue weighted by molar-refractivity contribution is -0.137. The molecule has 2 amide bonds. The molecule has 0 unspecified atom stereocenters. The van der Waals surface area contributed by atoms with Crippen LogP contribution in [-0.4, -0.2) is 52.3 Å². The molecule has 2 bridgehead atoms. The average molecular weight is 434 g/mol. The molecule has 0 saturated carbocycles. The zero-order valence-electron chi connectivity index (χ0n) is 17.0. The molecule has 3 heterocycles. The Morgan fingerprint density at radius 1 is 1.10 bits per heavy atom. The maximum Gasteiger partial charge on any atom is 0.416 e. The number of fused-ring (bicyclic) bond motifs is 2. The van der Waals surface area contributed by atoms with E-state index in [0.717, 1.165) is 31.4 Å². The van der Waals surface area contributed by atoms with E-state index in [4.69, 9.17) is 5.73 Å². The third-order valence-electron chi connectivity index (χ3n) is 6.94. The van der Waals surface area contributed by atoms with Crippen LogP contribution in [0.15, 0.2) is 24.3 Å². The van der Waals surface area contributed by atoms with Crippen molar-refractivity contribution in [3.63, 3.8) is 0 Å². The number of nitriles is 1. The summed E-state index contributed by atoms with van der Waals surface area (Å²) in [6.45, 7) is 0.545. The smallest absolute Gasteiger partial charge is 0.333 e. The minimum atomic E-state index is -4.44. The fourth-order valence-corrected chi connectivity index (χ4v) is 5.35. The van der Waals surface area contributed by atoms with Crippen molar-refractivity contribution in [2.24, 2.45) is 11.7 Å². The minimum Gasteiger partial charge on any atom is -0.333 e. The molecule has 1 aromatic carbocycles. The number of nitrogens with two attached hydrogens (primary N) is 1. The molecule has 6 nitrogen and oxygen atoms in total. The highest BCUT2D eigenvalue weighted by Crippen LogP contribution is 2.41. The summed E-state index contributed by atoms with van der Waals surface area (Å²) in [5, 5.41) is 9.25. The number of hydrogen-bond donors (Lipinski definition) is 1. The van der Waals surface area contributed by atoms with Gasteiger partial charge in [0.1, 0.15) is 6.04 Å². The van der Waals surface area contributed by atoms with Crippen molar-refractivity contribution in [1.82, 2.24) is 9.80 Å². The van der Waals surface area contributed by atoms with Crippen molar-refractivity contribution in [3.05, 3.63) is 35.4 Å². The average Bonchev–Trinajstić information content (AvgIpc) is 3.33.